The third-order valence-corrected chi connectivity index (χ3v) is 3.45. The molecule has 0 aromatic heterocycles. The standard InChI is InChI=1S/C16H16N4O5/c17-13(6-11-4-2-1-3-5-11)10-18-16(21)12-7-14(19(22)23)9-15(8-12)20(24)25/h1-5,7-9,13H,6,10,17H2,(H,18,21)/t13-/m1/s1. The summed E-state index contributed by atoms with van der Waals surface area (Å²) in [7, 11) is 0. The van der Waals surface area contributed by atoms with Gasteiger partial charge in [-0.2, -0.15) is 0 Å². The minimum atomic E-state index is -0.787. The Morgan fingerprint density at radius 3 is 2.12 bits per heavy atom. The monoisotopic (exact) mass is 344 g/mol. The van der Waals surface area contributed by atoms with Crippen LogP contribution >= 0.6 is 0 Å². The van der Waals surface area contributed by atoms with E-state index in [1.54, 1.807) is 0 Å². The fraction of sp³-hybridized carbons (Fsp3) is 0.188. The molecule has 2 aromatic rings. The molecular weight excluding hydrogens is 328 g/mol. The van der Waals surface area contributed by atoms with Gasteiger partial charge in [0.2, 0.25) is 0 Å². The van der Waals surface area contributed by atoms with Crippen LogP contribution in [0.4, 0.5) is 11.4 Å². The van der Waals surface area contributed by atoms with Gasteiger partial charge in [-0.3, -0.25) is 25.0 Å². The van der Waals surface area contributed by atoms with Crippen LogP contribution in [0, 0.1) is 20.2 Å². The molecule has 0 aliphatic rings. The number of rotatable bonds is 7. The van der Waals surface area contributed by atoms with Crippen LogP contribution in [0.25, 0.3) is 0 Å². The van der Waals surface area contributed by atoms with Crippen LogP contribution in [0.3, 0.4) is 0 Å². The van der Waals surface area contributed by atoms with Crippen LogP contribution in [-0.2, 0) is 6.42 Å². The summed E-state index contributed by atoms with van der Waals surface area (Å²) in [5.74, 6) is -0.657. The Morgan fingerprint density at radius 1 is 1.04 bits per heavy atom. The van der Waals surface area contributed by atoms with E-state index in [0.29, 0.717) is 6.42 Å². The minimum absolute atomic E-state index is 0.129. The number of nitrogens with one attached hydrogen (secondary N) is 1. The van der Waals surface area contributed by atoms with E-state index in [1.807, 2.05) is 30.3 Å². The van der Waals surface area contributed by atoms with Crippen molar-refractivity contribution in [3.63, 3.8) is 0 Å². The zero-order chi connectivity index (χ0) is 18.4. The number of nitrogens with zero attached hydrogens (tertiary/aromatic N) is 2. The van der Waals surface area contributed by atoms with E-state index in [9.17, 15) is 25.0 Å². The molecule has 1 amide bonds. The summed E-state index contributed by atoms with van der Waals surface area (Å²) in [6, 6.07) is 11.9. The van der Waals surface area contributed by atoms with Gasteiger partial charge in [-0.25, -0.2) is 0 Å². The fourth-order valence-corrected chi connectivity index (χ4v) is 2.25. The molecule has 0 saturated carbocycles. The second-order valence-electron chi connectivity index (χ2n) is 5.41. The molecular formula is C16H16N4O5. The van der Waals surface area contributed by atoms with Crippen molar-refractivity contribution in [2.24, 2.45) is 5.73 Å². The summed E-state index contributed by atoms with van der Waals surface area (Å²) in [4.78, 5) is 32.3. The lowest BCUT2D eigenvalue weighted by Gasteiger charge is -2.13. The molecule has 0 spiro atoms. The first-order valence-corrected chi connectivity index (χ1v) is 7.38. The molecule has 0 saturated heterocycles. The van der Waals surface area contributed by atoms with Gasteiger partial charge in [-0.15, -0.1) is 0 Å². The quantitative estimate of drug-likeness (QED) is 0.579. The highest BCUT2D eigenvalue weighted by atomic mass is 16.6. The fourth-order valence-electron chi connectivity index (χ4n) is 2.25. The van der Waals surface area contributed by atoms with Crippen molar-refractivity contribution in [1.82, 2.24) is 5.32 Å². The molecule has 3 N–H and O–H groups in total. The Morgan fingerprint density at radius 2 is 1.60 bits per heavy atom. The summed E-state index contributed by atoms with van der Waals surface area (Å²) < 4.78 is 0. The number of hydrogen-bond donors (Lipinski definition) is 2. The Labute approximate surface area is 142 Å². The molecule has 0 fully saturated rings. The molecule has 0 aliphatic heterocycles. The summed E-state index contributed by atoms with van der Waals surface area (Å²) >= 11 is 0. The molecule has 25 heavy (non-hydrogen) atoms. The van der Waals surface area contributed by atoms with Crippen LogP contribution in [-0.4, -0.2) is 28.3 Å². The van der Waals surface area contributed by atoms with E-state index in [2.05, 4.69) is 5.32 Å². The summed E-state index contributed by atoms with van der Waals surface area (Å²) in [5, 5.41) is 24.2. The van der Waals surface area contributed by atoms with Crippen LogP contribution < -0.4 is 11.1 Å². The molecule has 0 bridgehead atoms. The lowest BCUT2D eigenvalue weighted by atomic mass is 10.1. The number of hydrogen-bond acceptors (Lipinski definition) is 6. The first-order chi connectivity index (χ1) is 11.9. The summed E-state index contributed by atoms with van der Waals surface area (Å²) in [6.45, 7) is 0.129. The highest BCUT2D eigenvalue weighted by molar-refractivity contribution is 5.95. The number of carbonyl (C=O) groups is 1. The van der Waals surface area contributed by atoms with Gasteiger partial charge in [0.05, 0.1) is 21.5 Å². The topological polar surface area (TPSA) is 141 Å². The number of nitro groups is 2. The Bertz CT molecular complexity index is 762. The number of nitro benzene ring substituents is 2. The van der Waals surface area contributed by atoms with Crippen molar-refractivity contribution in [3.05, 3.63) is 79.9 Å². The van der Waals surface area contributed by atoms with E-state index < -0.39 is 27.1 Å². The number of nitrogens with two attached hydrogens (primary N) is 1. The van der Waals surface area contributed by atoms with Gasteiger partial charge in [0, 0.05) is 24.7 Å². The van der Waals surface area contributed by atoms with Gasteiger partial charge in [0.15, 0.2) is 0 Å². The van der Waals surface area contributed by atoms with E-state index >= 15 is 0 Å². The zero-order valence-electron chi connectivity index (χ0n) is 13.1. The number of amides is 1. The summed E-state index contributed by atoms with van der Waals surface area (Å²) in [6.07, 6.45) is 0.538. The molecule has 9 nitrogen and oxygen atoms in total. The average Bonchev–Trinajstić information content (AvgIpc) is 2.60. The Kier molecular flexibility index (Phi) is 5.75. The maximum Gasteiger partial charge on any atom is 0.277 e. The third kappa shape index (κ3) is 5.08. The van der Waals surface area contributed by atoms with Crippen molar-refractivity contribution in [2.45, 2.75) is 12.5 Å². The molecule has 0 aliphatic carbocycles. The van der Waals surface area contributed by atoms with Crippen molar-refractivity contribution in [1.29, 1.82) is 0 Å². The van der Waals surface area contributed by atoms with Crippen molar-refractivity contribution in [3.8, 4) is 0 Å². The SMILES string of the molecule is N[C@@H](CNC(=O)c1cc([N+](=O)[O-])cc([N+](=O)[O-])c1)Cc1ccccc1. The van der Waals surface area contributed by atoms with Gasteiger partial charge in [0.25, 0.3) is 17.3 Å². The highest BCUT2D eigenvalue weighted by Crippen LogP contribution is 2.22. The van der Waals surface area contributed by atoms with E-state index in [0.717, 1.165) is 23.8 Å². The molecule has 130 valence electrons. The van der Waals surface area contributed by atoms with Crippen molar-refractivity contribution in [2.75, 3.05) is 6.54 Å². The maximum absolute atomic E-state index is 12.1. The predicted octanol–water partition coefficient (Wildman–Crippen LogP) is 1.80. The maximum atomic E-state index is 12.1. The van der Waals surface area contributed by atoms with Crippen molar-refractivity contribution < 1.29 is 14.6 Å². The van der Waals surface area contributed by atoms with Gasteiger partial charge in [0.1, 0.15) is 0 Å². The lowest BCUT2D eigenvalue weighted by molar-refractivity contribution is -0.394. The number of non-ortho nitro benzene ring substituents is 2. The molecule has 0 radical (unpaired) electrons. The van der Waals surface area contributed by atoms with Gasteiger partial charge >= 0.3 is 0 Å². The van der Waals surface area contributed by atoms with Crippen LogP contribution in [0.1, 0.15) is 15.9 Å². The van der Waals surface area contributed by atoms with E-state index in [4.69, 9.17) is 5.73 Å². The Balaban J connectivity index is 2.05. The zero-order valence-corrected chi connectivity index (χ0v) is 13.1. The number of benzene rings is 2. The highest BCUT2D eigenvalue weighted by Gasteiger charge is 2.20. The molecule has 0 heterocycles. The van der Waals surface area contributed by atoms with E-state index in [-0.39, 0.29) is 18.2 Å². The normalized spacial score (nSPS) is 11.6. The van der Waals surface area contributed by atoms with E-state index in [1.165, 1.54) is 0 Å². The van der Waals surface area contributed by atoms with Crippen LogP contribution in [0.15, 0.2) is 48.5 Å². The van der Waals surface area contributed by atoms with Crippen molar-refractivity contribution >= 4 is 17.3 Å². The second kappa shape index (κ2) is 7.97. The smallest absolute Gasteiger partial charge is 0.277 e. The third-order valence-electron chi connectivity index (χ3n) is 3.45. The second-order valence-corrected chi connectivity index (χ2v) is 5.41. The average molecular weight is 344 g/mol. The first-order valence-electron chi connectivity index (χ1n) is 7.38. The molecule has 1 atom stereocenters. The van der Waals surface area contributed by atoms with Crippen LogP contribution in [0.2, 0.25) is 0 Å². The minimum Gasteiger partial charge on any atom is -0.350 e. The Hall–Kier alpha value is -3.33. The predicted molar refractivity (Wildman–Crippen MR) is 90.2 cm³/mol. The van der Waals surface area contributed by atoms with Gasteiger partial charge in [-0.1, -0.05) is 30.3 Å². The summed E-state index contributed by atoms with van der Waals surface area (Å²) in [5.41, 5.74) is 5.77. The largest absolute Gasteiger partial charge is 0.350 e. The first kappa shape index (κ1) is 18.0. The lowest BCUT2D eigenvalue weighted by Crippen LogP contribution is -2.38. The molecule has 2 rings (SSSR count). The van der Waals surface area contributed by atoms with Gasteiger partial charge in [-0.05, 0) is 12.0 Å². The van der Waals surface area contributed by atoms with Gasteiger partial charge < -0.3 is 11.1 Å². The molecule has 0 unspecified atom stereocenters. The number of carbonyl (C=O) groups excluding carboxylic acids is 1. The molecule has 9 heteroatoms. The van der Waals surface area contributed by atoms with Crippen LogP contribution in [0.5, 0.6) is 0 Å². The molecule has 2 aromatic carbocycles.